The van der Waals surface area contributed by atoms with E-state index < -0.39 is 0 Å². The van der Waals surface area contributed by atoms with Gasteiger partial charge in [0.2, 0.25) is 0 Å². The average molecular weight is 281 g/mol. The van der Waals surface area contributed by atoms with E-state index >= 15 is 0 Å². The maximum absolute atomic E-state index is 4.07. The minimum Gasteiger partial charge on any atom is -0.382 e. The first-order valence-electron chi connectivity index (χ1n) is 7.83. The summed E-state index contributed by atoms with van der Waals surface area (Å²) in [5, 5.41) is 3.64. The highest BCUT2D eigenvalue weighted by molar-refractivity contribution is 5.43. The van der Waals surface area contributed by atoms with Crippen LogP contribution >= 0.6 is 0 Å². The zero-order valence-corrected chi connectivity index (χ0v) is 12.4. The summed E-state index contributed by atoms with van der Waals surface area (Å²) in [5.74, 6) is 0. The first-order valence-corrected chi connectivity index (χ1v) is 7.83. The number of nitrogens with one attached hydrogen (secondary N) is 1. The number of likely N-dealkylation sites (tertiary alicyclic amines) is 1. The van der Waals surface area contributed by atoms with Crippen molar-refractivity contribution in [1.29, 1.82) is 0 Å². The van der Waals surface area contributed by atoms with Crippen molar-refractivity contribution in [2.45, 2.75) is 25.3 Å². The standard InChI is InChI=1S/C18H23N3/c1-2-4-17(5-3-1)20-18-9-14-21(15-10-18)13-8-16-6-11-19-12-7-16/h1-7,11-12,18,20H,8-10,13-15H2. The van der Waals surface area contributed by atoms with Gasteiger partial charge in [-0.3, -0.25) is 4.98 Å². The molecule has 0 unspecified atom stereocenters. The molecular formula is C18H23N3. The molecule has 3 rings (SSSR count). The normalized spacial score (nSPS) is 16.8. The Hall–Kier alpha value is -1.87. The van der Waals surface area contributed by atoms with Crippen LogP contribution in [-0.2, 0) is 6.42 Å². The molecule has 2 heterocycles. The Balaban J connectivity index is 1.41. The number of anilines is 1. The maximum Gasteiger partial charge on any atom is 0.0342 e. The molecule has 1 aliphatic rings. The summed E-state index contributed by atoms with van der Waals surface area (Å²) in [4.78, 5) is 6.64. The summed E-state index contributed by atoms with van der Waals surface area (Å²) in [5.41, 5.74) is 2.63. The Kier molecular flexibility index (Phi) is 4.85. The van der Waals surface area contributed by atoms with E-state index in [0.29, 0.717) is 6.04 Å². The van der Waals surface area contributed by atoms with Crippen LogP contribution in [-0.4, -0.2) is 35.6 Å². The number of hydrogen-bond acceptors (Lipinski definition) is 3. The van der Waals surface area contributed by atoms with Crippen LogP contribution in [0.5, 0.6) is 0 Å². The van der Waals surface area contributed by atoms with Crippen molar-refractivity contribution < 1.29 is 0 Å². The van der Waals surface area contributed by atoms with E-state index in [1.54, 1.807) is 0 Å². The number of rotatable bonds is 5. The molecule has 110 valence electrons. The van der Waals surface area contributed by atoms with E-state index in [1.807, 2.05) is 12.4 Å². The second kappa shape index (κ2) is 7.23. The quantitative estimate of drug-likeness (QED) is 0.912. The van der Waals surface area contributed by atoms with Crippen LogP contribution in [0.25, 0.3) is 0 Å². The second-order valence-electron chi connectivity index (χ2n) is 5.73. The van der Waals surface area contributed by atoms with Crippen LogP contribution in [0.15, 0.2) is 54.9 Å². The Bertz CT molecular complexity index is 519. The number of piperidine rings is 1. The number of para-hydroxylation sites is 1. The second-order valence-corrected chi connectivity index (χ2v) is 5.73. The van der Waals surface area contributed by atoms with E-state index in [4.69, 9.17) is 0 Å². The molecule has 1 aliphatic heterocycles. The molecule has 0 aliphatic carbocycles. The van der Waals surface area contributed by atoms with Gasteiger partial charge in [0.15, 0.2) is 0 Å². The number of hydrogen-bond donors (Lipinski definition) is 1. The summed E-state index contributed by atoms with van der Waals surface area (Å²) in [7, 11) is 0. The van der Waals surface area contributed by atoms with Crippen molar-refractivity contribution in [1.82, 2.24) is 9.88 Å². The molecule has 1 saturated heterocycles. The molecule has 3 heteroatoms. The summed E-state index contributed by atoms with van der Waals surface area (Å²) < 4.78 is 0. The van der Waals surface area contributed by atoms with Crippen molar-refractivity contribution >= 4 is 5.69 Å². The molecule has 0 spiro atoms. The van der Waals surface area contributed by atoms with Crippen molar-refractivity contribution in [3.8, 4) is 0 Å². The van der Waals surface area contributed by atoms with E-state index in [9.17, 15) is 0 Å². The molecular weight excluding hydrogens is 258 g/mol. The molecule has 1 aromatic heterocycles. The van der Waals surface area contributed by atoms with E-state index in [1.165, 1.54) is 37.2 Å². The lowest BCUT2D eigenvalue weighted by atomic mass is 10.0. The van der Waals surface area contributed by atoms with Crippen LogP contribution < -0.4 is 5.32 Å². The first-order chi connectivity index (χ1) is 10.4. The van der Waals surface area contributed by atoms with Crippen LogP contribution in [0.4, 0.5) is 5.69 Å². The number of benzene rings is 1. The van der Waals surface area contributed by atoms with Gasteiger partial charge in [-0.25, -0.2) is 0 Å². The SMILES string of the molecule is c1ccc(NC2CCN(CCc3ccncc3)CC2)cc1. The van der Waals surface area contributed by atoms with Gasteiger partial charge in [-0.1, -0.05) is 18.2 Å². The molecule has 0 atom stereocenters. The van der Waals surface area contributed by atoms with Gasteiger partial charge in [-0.15, -0.1) is 0 Å². The molecule has 3 nitrogen and oxygen atoms in total. The minimum atomic E-state index is 0.615. The molecule has 0 amide bonds. The van der Waals surface area contributed by atoms with Crippen molar-refractivity contribution in [2.24, 2.45) is 0 Å². The lowest BCUT2D eigenvalue weighted by Crippen LogP contribution is -2.40. The Labute approximate surface area is 127 Å². The topological polar surface area (TPSA) is 28.2 Å². The lowest BCUT2D eigenvalue weighted by Gasteiger charge is -2.32. The van der Waals surface area contributed by atoms with Crippen LogP contribution in [0.2, 0.25) is 0 Å². The highest BCUT2D eigenvalue weighted by Crippen LogP contribution is 2.16. The Morgan fingerprint density at radius 3 is 2.43 bits per heavy atom. The van der Waals surface area contributed by atoms with Gasteiger partial charge in [0.05, 0.1) is 0 Å². The van der Waals surface area contributed by atoms with Gasteiger partial charge >= 0.3 is 0 Å². The molecule has 0 bridgehead atoms. The molecule has 1 N–H and O–H groups in total. The van der Waals surface area contributed by atoms with Gasteiger partial charge in [-0.05, 0) is 49.1 Å². The lowest BCUT2D eigenvalue weighted by molar-refractivity contribution is 0.221. The highest BCUT2D eigenvalue weighted by atomic mass is 15.1. The van der Waals surface area contributed by atoms with E-state index in [-0.39, 0.29) is 0 Å². The van der Waals surface area contributed by atoms with Gasteiger partial charge in [0.25, 0.3) is 0 Å². The van der Waals surface area contributed by atoms with Crippen molar-refractivity contribution in [3.05, 3.63) is 60.4 Å². The number of aromatic nitrogens is 1. The molecule has 21 heavy (non-hydrogen) atoms. The van der Waals surface area contributed by atoms with Crippen LogP contribution in [0.3, 0.4) is 0 Å². The summed E-state index contributed by atoms with van der Waals surface area (Å²) in [6, 6.07) is 15.4. The largest absolute Gasteiger partial charge is 0.382 e. The van der Waals surface area contributed by atoms with Gasteiger partial charge < -0.3 is 10.2 Å². The highest BCUT2D eigenvalue weighted by Gasteiger charge is 2.18. The minimum absolute atomic E-state index is 0.615. The van der Waals surface area contributed by atoms with Gasteiger partial charge in [0.1, 0.15) is 0 Å². The third-order valence-electron chi connectivity index (χ3n) is 4.20. The van der Waals surface area contributed by atoms with Gasteiger partial charge in [-0.2, -0.15) is 0 Å². The summed E-state index contributed by atoms with van der Waals surface area (Å²) in [6.45, 7) is 3.53. The van der Waals surface area contributed by atoms with Crippen molar-refractivity contribution in [3.63, 3.8) is 0 Å². The molecule has 1 fully saturated rings. The Morgan fingerprint density at radius 1 is 1.00 bits per heavy atom. The number of nitrogens with zero attached hydrogens (tertiary/aromatic N) is 2. The molecule has 2 aromatic rings. The molecule has 1 aromatic carbocycles. The smallest absolute Gasteiger partial charge is 0.0342 e. The maximum atomic E-state index is 4.07. The van der Waals surface area contributed by atoms with Crippen molar-refractivity contribution in [2.75, 3.05) is 25.0 Å². The fourth-order valence-corrected chi connectivity index (χ4v) is 2.91. The first kappa shape index (κ1) is 14.1. The third kappa shape index (κ3) is 4.30. The Morgan fingerprint density at radius 2 is 1.71 bits per heavy atom. The van der Waals surface area contributed by atoms with Crippen LogP contribution in [0.1, 0.15) is 18.4 Å². The average Bonchev–Trinajstić information content (AvgIpc) is 2.56. The zero-order valence-electron chi connectivity index (χ0n) is 12.4. The molecule has 0 radical (unpaired) electrons. The van der Waals surface area contributed by atoms with E-state index in [0.717, 1.165) is 13.0 Å². The van der Waals surface area contributed by atoms with E-state index in [2.05, 4.69) is 57.7 Å². The zero-order chi connectivity index (χ0) is 14.3. The predicted octanol–water partition coefficient (Wildman–Crippen LogP) is 3.20. The molecule has 0 saturated carbocycles. The summed E-state index contributed by atoms with van der Waals surface area (Å²) >= 11 is 0. The fourth-order valence-electron chi connectivity index (χ4n) is 2.91. The summed E-state index contributed by atoms with van der Waals surface area (Å²) in [6.07, 6.45) is 7.34. The predicted molar refractivity (Wildman–Crippen MR) is 87.5 cm³/mol. The monoisotopic (exact) mass is 281 g/mol. The number of pyridine rings is 1. The third-order valence-corrected chi connectivity index (χ3v) is 4.20. The van der Waals surface area contributed by atoms with Gasteiger partial charge in [0, 0.05) is 43.8 Å². The van der Waals surface area contributed by atoms with Crippen LogP contribution in [0, 0.1) is 0 Å². The fraction of sp³-hybridized carbons (Fsp3) is 0.389.